The Labute approximate surface area is 135 Å². The second-order valence-electron chi connectivity index (χ2n) is 4.93. The Kier molecular flexibility index (Phi) is 5.30. The first-order chi connectivity index (χ1) is 10.8. The van der Waals surface area contributed by atoms with Crippen molar-refractivity contribution >= 4 is 17.5 Å². The Balaban J connectivity index is 1.72. The normalized spacial score (nSPS) is 11.7. The lowest BCUT2D eigenvalue weighted by Crippen LogP contribution is -2.29. The molecule has 2 heterocycles. The van der Waals surface area contributed by atoms with Gasteiger partial charge in [0.05, 0.1) is 10.7 Å². The Morgan fingerprint density at radius 3 is 2.65 bits per heavy atom. The first-order valence-electron chi connectivity index (χ1n) is 6.82. The smallest absolute Gasteiger partial charge is 0.354 e. The van der Waals surface area contributed by atoms with E-state index < -0.39 is 17.8 Å². The molecule has 2 aromatic rings. The molecule has 0 aliphatic heterocycles. The highest BCUT2D eigenvalue weighted by atomic mass is 35.5. The van der Waals surface area contributed by atoms with Crippen LogP contribution in [-0.4, -0.2) is 32.0 Å². The van der Waals surface area contributed by atoms with Gasteiger partial charge in [0.2, 0.25) is 5.91 Å². The van der Waals surface area contributed by atoms with E-state index in [-0.39, 0.29) is 6.54 Å². The average Bonchev–Trinajstić information content (AvgIpc) is 3.02. The predicted molar refractivity (Wildman–Crippen MR) is 76.8 cm³/mol. The molecule has 126 valence electrons. The summed E-state index contributed by atoms with van der Waals surface area (Å²) < 4.78 is 39.8. The Bertz CT molecular complexity index is 660. The third-order valence-corrected chi connectivity index (χ3v) is 3.38. The van der Waals surface area contributed by atoms with E-state index in [0.29, 0.717) is 24.5 Å². The van der Waals surface area contributed by atoms with E-state index in [0.717, 1.165) is 22.6 Å². The number of hydrogen-bond donors (Lipinski definition) is 1. The van der Waals surface area contributed by atoms with Crippen molar-refractivity contribution in [2.24, 2.45) is 0 Å². The minimum absolute atomic E-state index is 0.261. The molecule has 0 bridgehead atoms. The molecule has 0 atom stereocenters. The van der Waals surface area contributed by atoms with Crippen molar-refractivity contribution in [1.82, 2.24) is 24.9 Å². The minimum atomic E-state index is -4.51. The molecule has 0 aliphatic carbocycles. The Hall–Kier alpha value is -2.03. The van der Waals surface area contributed by atoms with Crippen LogP contribution in [0.1, 0.15) is 17.8 Å². The number of aromatic nitrogens is 4. The molecule has 0 unspecified atom stereocenters. The summed E-state index contributed by atoms with van der Waals surface area (Å²) in [5.74, 6) is -0.406. The lowest BCUT2D eigenvalue weighted by molar-refractivity contribution is -0.141. The zero-order chi connectivity index (χ0) is 17.0. The highest BCUT2D eigenvalue weighted by Crippen LogP contribution is 2.27. The molecule has 10 heteroatoms. The second-order valence-corrected chi connectivity index (χ2v) is 5.33. The highest BCUT2D eigenvalue weighted by molar-refractivity contribution is 6.31. The van der Waals surface area contributed by atoms with E-state index in [4.69, 9.17) is 11.6 Å². The number of aryl methyl sites for hydroxylation is 2. The molecule has 1 N–H and O–H groups in total. The number of alkyl halides is 3. The molecular weight excluding hydrogens is 335 g/mol. The maximum absolute atomic E-state index is 12.4. The van der Waals surface area contributed by atoms with Gasteiger partial charge in [0.25, 0.3) is 0 Å². The number of nitrogens with zero attached hydrogens (tertiary/aromatic N) is 4. The molecule has 1 amide bonds. The SMILES string of the molecule is Cc1nn(CCCNC(=O)Cn2ccc(C(F)(F)F)n2)cc1Cl. The zero-order valence-electron chi connectivity index (χ0n) is 12.3. The van der Waals surface area contributed by atoms with Crippen molar-refractivity contribution < 1.29 is 18.0 Å². The predicted octanol–water partition coefficient (Wildman–Crippen LogP) is 2.27. The zero-order valence-corrected chi connectivity index (χ0v) is 13.0. The summed E-state index contributed by atoms with van der Waals surface area (Å²) in [7, 11) is 0. The fraction of sp³-hybridized carbons (Fsp3) is 0.462. The van der Waals surface area contributed by atoms with Gasteiger partial charge in [-0.25, -0.2) is 0 Å². The van der Waals surface area contributed by atoms with Gasteiger partial charge in [0, 0.05) is 25.5 Å². The van der Waals surface area contributed by atoms with Crippen LogP contribution < -0.4 is 5.32 Å². The fourth-order valence-electron chi connectivity index (χ4n) is 1.88. The van der Waals surface area contributed by atoms with E-state index in [9.17, 15) is 18.0 Å². The van der Waals surface area contributed by atoms with Gasteiger partial charge in [-0.1, -0.05) is 11.6 Å². The molecule has 0 spiro atoms. The van der Waals surface area contributed by atoms with Crippen molar-refractivity contribution in [3.05, 3.63) is 34.9 Å². The number of carbonyl (C=O) groups excluding carboxylic acids is 1. The summed E-state index contributed by atoms with van der Waals surface area (Å²) >= 11 is 5.87. The van der Waals surface area contributed by atoms with Crippen LogP contribution in [0.5, 0.6) is 0 Å². The van der Waals surface area contributed by atoms with Gasteiger partial charge in [-0.15, -0.1) is 0 Å². The van der Waals surface area contributed by atoms with Gasteiger partial charge in [0.1, 0.15) is 6.54 Å². The largest absolute Gasteiger partial charge is 0.435 e. The molecule has 0 fully saturated rings. The Morgan fingerprint density at radius 1 is 1.35 bits per heavy atom. The standard InChI is InChI=1S/C13H15ClF3N5O/c1-9-10(14)7-21(19-9)5-2-4-18-12(23)8-22-6-3-11(20-22)13(15,16)17/h3,6-7H,2,4-5,8H2,1H3,(H,18,23). The average molecular weight is 350 g/mol. The third-order valence-electron chi connectivity index (χ3n) is 3.01. The van der Waals surface area contributed by atoms with E-state index in [2.05, 4.69) is 15.5 Å². The Morgan fingerprint density at radius 2 is 2.09 bits per heavy atom. The van der Waals surface area contributed by atoms with Crippen molar-refractivity contribution in [2.45, 2.75) is 32.6 Å². The summed E-state index contributed by atoms with van der Waals surface area (Å²) in [6.45, 7) is 2.49. The lowest BCUT2D eigenvalue weighted by Gasteiger charge is -2.06. The van der Waals surface area contributed by atoms with Crippen LogP contribution in [0.15, 0.2) is 18.5 Å². The van der Waals surface area contributed by atoms with Gasteiger partial charge in [-0.05, 0) is 19.4 Å². The summed E-state index contributed by atoms with van der Waals surface area (Å²) in [5.41, 5.74) is -0.286. The molecule has 6 nitrogen and oxygen atoms in total. The molecule has 0 saturated heterocycles. The van der Waals surface area contributed by atoms with Gasteiger partial charge in [0.15, 0.2) is 5.69 Å². The quantitative estimate of drug-likeness (QED) is 0.814. The monoisotopic (exact) mass is 349 g/mol. The third kappa shape index (κ3) is 4.98. The molecule has 0 aromatic carbocycles. The number of nitrogens with one attached hydrogen (secondary N) is 1. The van der Waals surface area contributed by atoms with Gasteiger partial charge in [-0.3, -0.25) is 14.2 Å². The van der Waals surface area contributed by atoms with Gasteiger partial charge >= 0.3 is 6.18 Å². The topological polar surface area (TPSA) is 64.7 Å². The van der Waals surface area contributed by atoms with E-state index >= 15 is 0 Å². The minimum Gasteiger partial charge on any atom is -0.354 e. The number of carbonyl (C=O) groups is 1. The maximum Gasteiger partial charge on any atom is 0.435 e. The van der Waals surface area contributed by atoms with Crippen LogP contribution in [0.4, 0.5) is 13.2 Å². The van der Waals surface area contributed by atoms with Crippen molar-refractivity contribution in [1.29, 1.82) is 0 Å². The molecule has 2 rings (SSSR count). The van der Waals surface area contributed by atoms with Crippen LogP contribution in [-0.2, 0) is 24.1 Å². The van der Waals surface area contributed by atoms with E-state index in [1.54, 1.807) is 17.8 Å². The molecule has 0 saturated carbocycles. The molecule has 2 aromatic heterocycles. The van der Waals surface area contributed by atoms with Crippen LogP contribution in [0.2, 0.25) is 5.02 Å². The van der Waals surface area contributed by atoms with Crippen molar-refractivity contribution in [3.8, 4) is 0 Å². The summed E-state index contributed by atoms with van der Waals surface area (Å²) in [4.78, 5) is 11.6. The second kappa shape index (κ2) is 7.03. The lowest BCUT2D eigenvalue weighted by atomic mass is 10.4. The summed E-state index contributed by atoms with van der Waals surface area (Å²) in [6.07, 6.45) is -1.07. The number of hydrogen-bond acceptors (Lipinski definition) is 3. The molecule has 23 heavy (non-hydrogen) atoms. The van der Waals surface area contributed by atoms with Crippen LogP contribution >= 0.6 is 11.6 Å². The summed E-state index contributed by atoms with van der Waals surface area (Å²) in [6, 6.07) is 0.830. The number of rotatable bonds is 6. The van der Waals surface area contributed by atoms with E-state index in [1.807, 2.05) is 0 Å². The maximum atomic E-state index is 12.4. The molecule has 0 radical (unpaired) electrons. The van der Waals surface area contributed by atoms with Crippen molar-refractivity contribution in [2.75, 3.05) is 6.54 Å². The molecular formula is C13H15ClF3N5O. The van der Waals surface area contributed by atoms with Crippen LogP contribution in [0, 0.1) is 6.92 Å². The number of amides is 1. The fourth-order valence-corrected chi connectivity index (χ4v) is 2.03. The van der Waals surface area contributed by atoms with E-state index in [1.165, 1.54) is 0 Å². The van der Waals surface area contributed by atoms with Gasteiger partial charge < -0.3 is 5.32 Å². The first kappa shape index (κ1) is 17.3. The number of halogens is 4. The first-order valence-corrected chi connectivity index (χ1v) is 7.20. The highest BCUT2D eigenvalue weighted by Gasteiger charge is 2.33. The van der Waals surface area contributed by atoms with Crippen LogP contribution in [0.25, 0.3) is 0 Å². The molecule has 0 aliphatic rings. The van der Waals surface area contributed by atoms with Gasteiger partial charge in [-0.2, -0.15) is 23.4 Å². The summed E-state index contributed by atoms with van der Waals surface area (Å²) in [5, 5.41) is 10.7. The van der Waals surface area contributed by atoms with Crippen LogP contribution in [0.3, 0.4) is 0 Å². The van der Waals surface area contributed by atoms with Crippen molar-refractivity contribution in [3.63, 3.8) is 0 Å².